The summed E-state index contributed by atoms with van der Waals surface area (Å²) in [4.78, 5) is 2.52. The highest BCUT2D eigenvalue weighted by molar-refractivity contribution is 9.13. The summed E-state index contributed by atoms with van der Waals surface area (Å²) in [7, 11) is 0. The van der Waals surface area contributed by atoms with Gasteiger partial charge in [-0.15, -0.1) is 12.4 Å². The predicted octanol–water partition coefficient (Wildman–Crippen LogP) is 3.80. The minimum absolute atomic E-state index is 0. The Bertz CT molecular complexity index is 401. The van der Waals surface area contributed by atoms with Crippen LogP contribution in [0.3, 0.4) is 0 Å². The summed E-state index contributed by atoms with van der Waals surface area (Å²) >= 11 is 7.05. The maximum atomic E-state index is 5.76. The first kappa shape index (κ1) is 16.4. The minimum atomic E-state index is 0. The Hall–Kier alpha value is 0.390. The average molecular weight is 399 g/mol. The first-order valence-electron chi connectivity index (χ1n) is 5.98. The lowest BCUT2D eigenvalue weighted by Crippen LogP contribution is -2.27. The molecule has 1 fully saturated rings. The number of rotatable bonds is 3. The van der Waals surface area contributed by atoms with E-state index in [9.17, 15) is 0 Å². The van der Waals surface area contributed by atoms with Crippen LogP contribution in [0.2, 0.25) is 0 Å². The Morgan fingerprint density at radius 1 is 1.33 bits per heavy atom. The fourth-order valence-electron chi connectivity index (χ4n) is 2.48. The molecule has 0 aliphatic carbocycles. The Balaban J connectivity index is 0.00000162. The molecule has 0 saturated carbocycles. The van der Waals surface area contributed by atoms with E-state index in [4.69, 9.17) is 5.73 Å². The molecule has 2 atom stereocenters. The number of hydrogen-bond donors (Lipinski definition) is 1. The van der Waals surface area contributed by atoms with Crippen molar-refractivity contribution in [3.05, 3.63) is 32.7 Å². The molecule has 2 rings (SSSR count). The normalized spacial score (nSPS) is 24.0. The van der Waals surface area contributed by atoms with Crippen LogP contribution in [0, 0.1) is 5.92 Å². The monoisotopic (exact) mass is 396 g/mol. The minimum Gasteiger partial charge on any atom is -0.330 e. The van der Waals surface area contributed by atoms with Crippen molar-refractivity contribution in [1.29, 1.82) is 0 Å². The van der Waals surface area contributed by atoms with Crippen LogP contribution in [-0.2, 0) is 6.54 Å². The molecule has 1 aromatic carbocycles. The van der Waals surface area contributed by atoms with Crippen LogP contribution in [0.4, 0.5) is 0 Å². The first-order valence-corrected chi connectivity index (χ1v) is 7.56. The van der Waals surface area contributed by atoms with Crippen molar-refractivity contribution in [3.8, 4) is 0 Å². The van der Waals surface area contributed by atoms with Gasteiger partial charge in [-0.05, 0) is 75.4 Å². The van der Waals surface area contributed by atoms with Gasteiger partial charge in [0.2, 0.25) is 0 Å². The van der Waals surface area contributed by atoms with Crippen LogP contribution in [0.1, 0.15) is 18.9 Å². The van der Waals surface area contributed by atoms with Gasteiger partial charge in [0, 0.05) is 28.1 Å². The quantitative estimate of drug-likeness (QED) is 0.839. The molecule has 1 aromatic rings. The van der Waals surface area contributed by atoms with Crippen LogP contribution < -0.4 is 5.73 Å². The zero-order chi connectivity index (χ0) is 12.4. The van der Waals surface area contributed by atoms with E-state index in [1.807, 2.05) is 0 Å². The SMILES string of the molecule is CC1CC(CN)CN1Cc1ccc(Br)c(Br)c1.Cl. The summed E-state index contributed by atoms with van der Waals surface area (Å²) in [5.41, 5.74) is 7.11. The van der Waals surface area contributed by atoms with Gasteiger partial charge >= 0.3 is 0 Å². The maximum Gasteiger partial charge on any atom is 0.0320 e. The highest BCUT2D eigenvalue weighted by Crippen LogP contribution is 2.27. The molecule has 0 spiro atoms. The third-order valence-electron chi connectivity index (χ3n) is 3.49. The lowest BCUT2D eigenvalue weighted by molar-refractivity contribution is 0.256. The highest BCUT2D eigenvalue weighted by Gasteiger charge is 2.27. The van der Waals surface area contributed by atoms with Gasteiger partial charge in [-0.1, -0.05) is 6.07 Å². The summed E-state index contributed by atoms with van der Waals surface area (Å²) in [5, 5.41) is 0. The van der Waals surface area contributed by atoms with Crippen molar-refractivity contribution < 1.29 is 0 Å². The first-order chi connectivity index (χ1) is 8.10. The van der Waals surface area contributed by atoms with Crippen molar-refractivity contribution in [3.63, 3.8) is 0 Å². The molecule has 0 amide bonds. The molecule has 2 N–H and O–H groups in total. The van der Waals surface area contributed by atoms with Crippen molar-refractivity contribution >= 4 is 44.3 Å². The van der Waals surface area contributed by atoms with E-state index in [0.29, 0.717) is 12.0 Å². The molecule has 1 heterocycles. The number of halogens is 3. The molecular formula is C13H19Br2ClN2. The van der Waals surface area contributed by atoms with Gasteiger partial charge in [0.15, 0.2) is 0 Å². The molecule has 18 heavy (non-hydrogen) atoms. The second-order valence-corrected chi connectivity index (χ2v) is 6.57. The third-order valence-corrected chi connectivity index (χ3v) is 5.37. The Morgan fingerprint density at radius 2 is 2.06 bits per heavy atom. The van der Waals surface area contributed by atoms with Crippen molar-refractivity contribution in [2.75, 3.05) is 13.1 Å². The van der Waals surface area contributed by atoms with E-state index in [1.165, 1.54) is 12.0 Å². The van der Waals surface area contributed by atoms with Crippen LogP contribution in [0.5, 0.6) is 0 Å². The molecule has 1 aliphatic rings. The smallest absolute Gasteiger partial charge is 0.0320 e. The average Bonchev–Trinajstić information content (AvgIpc) is 2.65. The molecule has 2 nitrogen and oxygen atoms in total. The number of nitrogens with two attached hydrogens (primary N) is 1. The number of nitrogens with zero attached hydrogens (tertiary/aromatic N) is 1. The number of benzene rings is 1. The fraction of sp³-hybridized carbons (Fsp3) is 0.538. The number of hydrogen-bond acceptors (Lipinski definition) is 2. The summed E-state index contributed by atoms with van der Waals surface area (Å²) in [6.45, 7) is 5.25. The van der Waals surface area contributed by atoms with E-state index in [2.05, 4.69) is 61.9 Å². The summed E-state index contributed by atoms with van der Waals surface area (Å²) < 4.78 is 2.23. The van der Waals surface area contributed by atoms with Crippen LogP contribution >= 0.6 is 44.3 Å². The lowest BCUT2D eigenvalue weighted by Gasteiger charge is -2.21. The van der Waals surface area contributed by atoms with E-state index >= 15 is 0 Å². The lowest BCUT2D eigenvalue weighted by atomic mass is 10.1. The van der Waals surface area contributed by atoms with Crippen LogP contribution in [0.15, 0.2) is 27.1 Å². The third kappa shape index (κ3) is 3.94. The Morgan fingerprint density at radius 3 is 2.61 bits per heavy atom. The topological polar surface area (TPSA) is 29.3 Å². The maximum absolute atomic E-state index is 5.76. The predicted molar refractivity (Wildman–Crippen MR) is 86.1 cm³/mol. The van der Waals surface area contributed by atoms with E-state index in [-0.39, 0.29) is 12.4 Å². The summed E-state index contributed by atoms with van der Waals surface area (Å²) in [6, 6.07) is 7.11. The van der Waals surface area contributed by atoms with Gasteiger partial charge in [0.05, 0.1) is 0 Å². The van der Waals surface area contributed by atoms with E-state index < -0.39 is 0 Å². The molecule has 1 saturated heterocycles. The molecular weight excluding hydrogens is 379 g/mol. The molecule has 0 radical (unpaired) electrons. The largest absolute Gasteiger partial charge is 0.330 e. The Kier molecular flexibility index (Phi) is 6.62. The second kappa shape index (κ2) is 7.25. The molecule has 0 bridgehead atoms. The zero-order valence-corrected chi connectivity index (χ0v) is 14.4. The second-order valence-electron chi connectivity index (χ2n) is 4.86. The van der Waals surface area contributed by atoms with Crippen molar-refractivity contribution in [2.24, 2.45) is 11.7 Å². The van der Waals surface area contributed by atoms with Crippen LogP contribution in [-0.4, -0.2) is 24.0 Å². The molecule has 1 aliphatic heterocycles. The number of likely N-dealkylation sites (tertiary alicyclic amines) is 1. The standard InChI is InChI=1S/C13H18Br2N2.ClH/c1-9-4-11(6-16)8-17(9)7-10-2-3-12(14)13(15)5-10;/h2-3,5,9,11H,4,6-8,16H2,1H3;1H. The molecule has 5 heteroatoms. The van der Waals surface area contributed by atoms with Gasteiger partial charge in [0.25, 0.3) is 0 Å². The van der Waals surface area contributed by atoms with E-state index in [0.717, 1.165) is 28.6 Å². The van der Waals surface area contributed by atoms with Crippen LogP contribution in [0.25, 0.3) is 0 Å². The van der Waals surface area contributed by atoms with Gasteiger partial charge in [0.1, 0.15) is 0 Å². The van der Waals surface area contributed by atoms with Gasteiger partial charge in [-0.25, -0.2) is 0 Å². The van der Waals surface area contributed by atoms with Gasteiger partial charge < -0.3 is 5.73 Å². The summed E-state index contributed by atoms with van der Waals surface area (Å²) in [6.07, 6.45) is 1.23. The zero-order valence-electron chi connectivity index (χ0n) is 10.4. The van der Waals surface area contributed by atoms with Crippen molar-refractivity contribution in [1.82, 2.24) is 4.90 Å². The van der Waals surface area contributed by atoms with Gasteiger partial charge in [-0.2, -0.15) is 0 Å². The Labute approximate surface area is 132 Å². The highest BCUT2D eigenvalue weighted by atomic mass is 79.9. The van der Waals surface area contributed by atoms with E-state index in [1.54, 1.807) is 0 Å². The fourth-order valence-corrected chi connectivity index (χ4v) is 3.15. The molecule has 102 valence electrons. The van der Waals surface area contributed by atoms with Crippen molar-refractivity contribution in [2.45, 2.75) is 25.9 Å². The van der Waals surface area contributed by atoms with Gasteiger partial charge in [-0.3, -0.25) is 4.90 Å². The molecule has 2 unspecified atom stereocenters. The summed E-state index contributed by atoms with van der Waals surface area (Å²) in [5.74, 6) is 0.670. The molecule has 0 aromatic heterocycles.